The first-order valence-electron chi connectivity index (χ1n) is 7.38. The Morgan fingerprint density at radius 3 is 2.29 bits per heavy atom. The fraction of sp³-hybridized carbons (Fsp3) is 0. The molecule has 0 amide bonds. The van der Waals surface area contributed by atoms with E-state index in [9.17, 15) is 10.1 Å². The van der Waals surface area contributed by atoms with Crippen molar-refractivity contribution in [2.45, 2.75) is 0 Å². The van der Waals surface area contributed by atoms with E-state index in [2.05, 4.69) is 5.32 Å². The molecule has 4 nitrogen and oxygen atoms in total. The molecule has 0 aliphatic carbocycles. The lowest BCUT2D eigenvalue weighted by Gasteiger charge is -2.06. The number of allylic oxidation sites excluding steroid dienone is 1. The van der Waals surface area contributed by atoms with E-state index in [1.54, 1.807) is 18.2 Å². The molecule has 24 heavy (non-hydrogen) atoms. The van der Waals surface area contributed by atoms with Crippen LogP contribution in [0.2, 0.25) is 0 Å². The van der Waals surface area contributed by atoms with Crippen LogP contribution >= 0.6 is 0 Å². The van der Waals surface area contributed by atoms with Crippen LogP contribution in [0.4, 0.5) is 11.4 Å². The summed E-state index contributed by atoms with van der Waals surface area (Å²) in [5.74, 6) is -0.265. The van der Waals surface area contributed by atoms with Gasteiger partial charge in [-0.2, -0.15) is 5.26 Å². The molecule has 0 aliphatic heterocycles. The van der Waals surface area contributed by atoms with Crippen molar-refractivity contribution in [3.05, 3.63) is 89.9 Å². The molecule has 0 spiro atoms. The van der Waals surface area contributed by atoms with E-state index in [4.69, 9.17) is 4.42 Å². The zero-order valence-corrected chi connectivity index (χ0v) is 12.8. The first-order valence-corrected chi connectivity index (χ1v) is 7.38. The highest BCUT2D eigenvalue weighted by Gasteiger charge is 2.14. The Morgan fingerprint density at radius 1 is 0.958 bits per heavy atom. The molecule has 0 bridgehead atoms. The summed E-state index contributed by atoms with van der Waals surface area (Å²) >= 11 is 0. The molecule has 0 saturated carbocycles. The van der Waals surface area contributed by atoms with Crippen molar-refractivity contribution in [2.75, 3.05) is 5.32 Å². The molecule has 0 aliphatic rings. The highest BCUT2D eigenvalue weighted by atomic mass is 16.3. The largest absolute Gasteiger partial charge is 0.461 e. The van der Waals surface area contributed by atoms with Crippen LogP contribution in [0.1, 0.15) is 16.1 Å². The van der Waals surface area contributed by atoms with E-state index in [0.717, 1.165) is 16.9 Å². The molecule has 3 rings (SSSR count). The number of anilines is 2. The van der Waals surface area contributed by atoms with Gasteiger partial charge in [0, 0.05) is 11.4 Å². The minimum absolute atomic E-state index is 0.0359. The number of carbonyl (C=O) groups excluding carboxylic acids is 1. The highest BCUT2D eigenvalue weighted by molar-refractivity contribution is 6.12. The number of carbonyl (C=O) groups is 1. The third-order valence-corrected chi connectivity index (χ3v) is 3.39. The molecule has 0 saturated heterocycles. The van der Waals surface area contributed by atoms with Crippen LogP contribution in [0.15, 0.2) is 83.0 Å². The maximum Gasteiger partial charge on any atom is 0.238 e. The molecule has 1 N–H and O–H groups in total. The van der Waals surface area contributed by atoms with Crippen LogP contribution in [0.25, 0.3) is 6.08 Å². The second-order valence-corrected chi connectivity index (χ2v) is 5.09. The van der Waals surface area contributed by atoms with Crippen molar-refractivity contribution in [3.8, 4) is 6.07 Å². The SMILES string of the molecule is N#C/C(=C\c1ccc(Nc2ccccc2)cc1)C(=O)c1ccco1. The Kier molecular flexibility index (Phi) is 4.55. The van der Waals surface area contributed by atoms with Crippen LogP contribution in [-0.4, -0.2) is 5.78 Å². The average Bonchev–Trinajstić information content (AvgIpc) is 3.16. The van der Waals surface area contributed by atoms with Gasteiger partial charge in [0.1, 0.15) is 11.6 Å². The second-order valence-electron chi connectivity index (χ2n) is 5.09. The predicted molar refractivity (Wildman–Crippen MR) is 92.8 cm³/mol. The molecule has 3 aromatic rings. The van der Waals surface area contributed by atoms with Crippen LogP contribution in [0, 0.1) is 11.3 Å². The Morgan fingerprint density at radius 2 is 1.67 bits per heavy atom. The fourth-order valence-electron chi connectivity index (χ4n) is 2.21. The van der Waals surface area contributed by atoms with Crippen molar-refractivity contribution in [2.24, 2.45) is 0 Å². The standard InChI is InChI=1S/C20H14N2O2/c21-14-16(20(23)19-7-4-12-24-19)13-15-8-10-18(11-9-15)22-17-5-2-1-3-6-17/h1-13,22H/b16-13+. The molecule has 4 heteroatoms. The number of benzene rings is 2. The Bertz CT molecular complexity index is 887. The predicted octanol–water partition coefficient (Wildman–Crippen LogP) is 4.81. The lowest BCUT2D eigenvalue weighted by Crippen LogP contribution is -2.00. The fourth-order valence-corrected chi connectivity index (χ4v) is 2.21. The monoisotopic (exact) mass is 314 g/mol. The van der Waals surface area contributed by atoms with E-state index < -0.39 is 5.78 Å². The van der Waals surface area contributed by atoms with Gasteiger partial charge in [0.05, 0.1) is 6.26 Å². The molecule has 1 aromatic heterocycles. The van der Waals surface area contributed by atoms with Gasteiger partial charge in [0.2, 0.25) is 5.78 Å². The Balaban J connectivity index is 1.77. The number of furan rings is 1. The van der Waals surface area contributed by atoms with Crippen LogP contribution in [-0.2, 0) is 0 Å². The number of ketones is 1. The number of Topliss-reactive ketones (excluding diaryl/α,β-unsaturated/α-hetero) is 1. The van der Waals surface area contributed by atoms with E-state index in [1.165, 1.54) is 6.26 Å². The van der Waals surface area contributed by atoms with Gasteiger partial charge in [-0.05, 0) is 48.0 Å². The first kappa shape index (κ1) is 15.3. The van der Waals surface area contributed by atoms with Crippen molar-refractivity contribution < 1.29 is 9.21 Å². The van der Waals surface area contributed by atoms with Gasteiger partial charge >= 0.3 is 0 Å². The highest BCUT2D eigenvalue weighted by Crippen LogP contribution is 2.18. The maximum absolute atomic E-state index is 12.2. The van der Waals surface area contributed by atoms with Crippen molar-refractivity contribution in [1.82, 2.24) is 0 Å². The van der Waals surface area contributed by atoms with Gasteiger partial charge in [0.15, 0.2) is 5.76 Å². The summed E-state index contributed by atoms with van der Waals surface area (Å²) in [5.41, 5.74) is 2.72. The summed E-state index contributed by atoms with van der Waals surface area (Å²) in [4.78, 5) is 12.2. The molecule has 0 unspecified atom stereocenters. The second kappa shape index (κ2) is 7.12. The molecule has 1 heterocycles. The summed E-state index contributed by atoms with van der Waals surface area (Å²) in [7, 11) is 0. The number of hydrogen-bond donors (Lipinski definition) is 1. The van der Waals surface area contributed by atoms with Gasteiger partial charge in [0.25, 0.3) is 0 Å². The number of hydrogen-bond acceptors (Lipinski definition) is 4. The molecule has 116 valence electrons. The van der Waals surface area contributed by atoms with Crippen molar-refractivity contribution in [1.29, 1.82) is 5.26 Å². The summed E-state index contributed by atoms with van der Waals surface area (Å²) in [6, 6.07) is 22.4. The van der Waals surface area contributed by atoms with Crippen LogP contribution in [0.3, 0.4) is 0 Å². The van der Waals surface area contributed by atoms with E-state index in [1.807, 2.05) is 60.7 Å². The zero-order chi connectivity index (χ0) is 16.8. The van der Waals surface area contributed by atoms with Crippen LogP contribution < -0.4 is 5.32 Å². The average molecular weight is 314 g/mol. The quantitative estimate of drug-likeness (QED) is 0.417. The number of para-hydroxylation sites is 1. The Labute approximate surface area is 139 Å². The number of nitrogens with zero attached hydrogens (tertiary/aromatic N) is 1. The summed E-state index contributed by atoms with van der Waals surface area (Å²) in [6.07, 6.45) is 2.96. The number of rotatable bonds is 5. The number of nitriles is 1. The van der Waals surface area contributed by atoms with Gasteiger partial charge < -0.3 is 9.73 Å². The van der Waals surface area contributed by atoms with Crippen LogP contribution in [0.5, 0.6) is 0 Å². The normalized spacial score (nSPS) is 10.9. The maximum atomic E-state index is 12.2. The third-order valence-electron chi connectivity index (χ3n) is 3.39. The van der Waals surface area contributed by atoms with E-state index in [0.29, 0.717) is 0 Å². The van der Waals surface area contributed by atoms with E-state index in [-0.39, 0.29) is 11.3 Å². The van der Waals surface area contributed by atoms with Crippen molar-refractivity contribution >= 4 is 23.2 Å². The van der Waals surface area contributed by atoms with Crippen molar-refractivity contribution in [3.63, 3.8) is 0 Å². The summed E-state index contributed by atoms with van der Waals surface area (Å²) < 4.78 is 5.05. The molecule has 0 atom stereocenters. The zero-order valence-electron chi connectivity index (χ0n) is 12.8. The Hall–Kier alpha value is -3.58. The van der Waals surface area contributed by atoms with E-state index >= 15 is 0 Å². The lowest BCUT2D eigenvalue weighted by atomic mass is 10.1. The third kappa shape index (κ3) is 3.60. The number of nitrogens with one attached hydrogen (secondary N) is 1. The first-order chi connectivity index (χ1) is 11.8. The smallest absolute Gasteiger partial charge is 0.238 e. The summed E-state index contributed by atoms with van der Waals surface area (Å²) in [6.45, 7) is 0. The molecular formula is C20H14N2O2. The van der Waals surface area contributed by atoms with Gasteiger partial charge in [-0.1, -0.05) is 30.3 Å². The minimum atomic E-state index is -0.422. The molecule has 2 aromatic carbocycles. The van der Waals surface area contributed by atoms with Gasteiger partial charge in [-0.25, -0.2) is 0 Å². The molecule has 0 fully saturated rings. The summed E-state index contributed by atoms with van der Waals surface area (Å²) in [5, 5.41) is 12.5. The molecular weight excluding hydrogens is 300 g/mol. The molecule has 0 radical (unpaired) electrons. The lowest BCUT2D eigenvalue weighted by molar-refractivity contribution is 0.101. The topological polar surface area (TPSA) is 66.0 Å². The van der Waals surface area contributed by atoms with Gasteiger partial charge in [-0.15, -0.1) is 0 Å². The van der Waals surface area contributed by atoms with Gasteiger partial charge in [-0.3, -0.25) is 4.79 Å². The minimum Gasteiger partial charge on any atom is -0.461 e.